The maximum Gasteiger partial charge on any atom is 0.306 e. The molecule has 0 bridgehead atoms. The summed E-state index contributed by atoms with van der Waals surface area (Å²) in [7, 11) is 5.51. The van der Waals surface area contributed by atoms with Crippen LogP contribution in [0.5, 0.6) is 0 Å². The van der Waals surface area contributed by atoms with Crippen LogP contribution < -0.4 is 0 Å². The van der Waals surface area contributed by atoms with Crippen molar-refractivity contribution in [1.82, 2.24) is 0 Å². The smallest absolute Gasteiger partial charge is 0.306 e. The molecule has 0 aromatic rings. The number of carbonyl (C=O) groups excluding carboxylic acids is 1. The van der Waals surface area contributed by atoms with Gasteiger partial charge in [0.25, 0.3) is 0 Å². The van der Waals surface area contributed by atoms with Gasteiger partial charge in [0.2, 0.25) is 0 Å². The van der Waals surface area contributed by atoms with E-state index >= 15 is 0 Å². The number of hydrogen-bond acceptors (Lipinski definition) is 3. The number of carbonyl (C=O) groups is 2. The second-order valence-corrected chi connectivity index (χ2v) is 6.99. The minimum atomic E-state index is -1.76. The van der Waals surface area contributed by atoms with E-state index in [2.05, 4.69) is 6.92 Å². The maximum atomic E-state index is 12.2. The van der Waals surface area contributed by atoms with E-state index in [-0.39, 0.29) is 18.7 Å². The Kier molecular flexibility index (Phi) is 8.74. The van der Waals surface area contributed by atoms with Crippen molar-refractivity contribution >= 4 is 11.8 Å². The van der Waals surface area contributed by atoms with Crippen LogP contribution in [0.15, 0.2) is 0 Å². The van der Waals surface area contributed by atoms with Gasteiger partial charge in [0.1, 0.15) is 6.54 Å². The SMILES string of the molecule is CCCCCCCCC(=O)C(O)(CC(=O)O)C[N+](C)(C)C. The van der Waals surface area contributed by atoms with Crippen LogP contribution in [0.3, 0.4) is 0 Å². The highest BCUT2D eigenvalue weighted by molar-refractivity contribution is 5.90. The number of nitrogens with zero attached hydrogens (tertiary/aromatic N) is 1. The fourth-order valence-corrected chi connectivity index (χ4v) is 2.58. The Labute approximate surface area is 128 Å². The zero-order chi connectivity index (χ0) is 16.5. The van der Waals surface area contributed by atoms with Gasteiger partial charge in [-0.05, 0) is 6.42 Å². The molecular weight excluding hydrogens is 270 g/mol. The Hall–Kier alpha value is -0.940. The predicted molar refractivity (Wildman–Crippen MR) is 83.1 cm³/mol. The minimum absolute atomic E-state index is 0.119. The van der Waals surface area contributed by atoms with Crippen LogP contribution in [-0.4, -0.2) is 59.7 Å². The van der Waals surface area contributed by atoms with Crippen molar-refractivity contribution < 1.29 is 24.3 Å². The number of carboxylic acids is 1. The van der Waals surface area contributed by atoms with Gasteiger partial charge in [-0.1, -0.05) is 39.0 Å². The number of quaternary nitrogens is 1. The van der Waals surface area contributed by atoms with Gasteiger partial charge in [-0.2, -0.15) is 0 Å². The quantitative estimate of drug-likeness (QED) is 0.428. The molecule has 0 rings (SSSR count). The molecule has 1 unspecified atom stereocenters. The summed E-state index contributed by atoms with van der Waals surface area (Å²) >= 11 is 0. The summed E-state index contributed by atoms with van der Waals surface area (Å²) in [6, 6.07) is 0. The third-order valence-corrected chi connectivity index (χ3v) is 3.46. The molecule has 5 heteroatoms. The summed E-state index contributed by atoms with van der Waals surface area (Å²) in [6.07, 6.45) is 6.07. The van der Waals surface area contributed by atoms with Crippen molar-refractivity contribution in [3.05, 3.63) is 0 Å². The van der Waals surface area contributed by atoms with E-state index in [1.54, 1.807) is 0 Å². The molecule has 0 saturated carbocycles. The largest absolute Gasteiger partial charge is 0.481 e. The van der Waals surface area contributed by atoms with Crippen LogP contribution in [0.2, 0.25) is 0 Å². The van der Waals surface area contributed by atoms with E-state index in [9.17, 15) is 14.7 Å². The molecule has 0 aromatic heterocycles. The lowest BCUT2D eigenvalue weighted by molar-refractivity contribution is -0.875. The number of rotatable bonds is 12. The number of hydrogen-bond donors (Lipinski definition) is 2. The molecule has 0 fully saturated rings. The first kappa shape index (κ1) is 20.1. The molecule has 2 N–H and O–H groups in total. The van der Waals surface area contributed by atoms with E-state index in [0.717, 1.165) is 19.3 Å². The average molecular weight is 302 g/mol. The van der Waals surface area contributed by atoms with Crippen molar-refractivity contribution in [3.63, 3.8) is 0 Å². The van der Waals surface area contributed by atoms with Gasteiger partial charge >= 0.3 is 5.97 Å². The number of ketones is 1. The lowest BCUT2D eigenvalue weighted by Gasteiger charge is -2.33. The number of likely N-dealkylation sites (N-methyl/N-ethyl adjacent to an activating group) is 1. The van der Waals surface area contributed by atoms with Crippen molar-refractivity contribution in [2.45, 2.75) is 63.9 Å². The highest BCUT2D eigenvalue weighted by Gasteiger charge is 2.42. The highest BCUT2D eigenvalue weighted by Crippen LogP contribution is 2.20. The fourth-order valence-electron chi connectivity index (χ4n) is 2.58. The zero-order valence-electron chi connectivity index (χ0n) is 14.0. The summed E-state index contributed by atoms with van der Waals surface area (Å²) < 4.78 is 0.353. The molecule has 21 heavy (non-hydrogen) atoms. The molecule has 0 aliphatic rings. The van der Waals surface area contributed by atoms with Crippen LogP contribution in [0, 0.1) is 0 Å². The summed E-state index contributed by atoms with van der Waals surface area (Å²) in [5.74, 6) is -1.48. The molecular formula is C16H32NO4+. The zero-order valence-corrected chi connectivity index (χ0v) is 14.0. The molecule has 1 atom stereocenters. The lowest BCUT2D eigenvalue weighted by atomic mass is 9.89. The van der Waals surface area contributed by atoms with Gasteiger partial charge in [0.15, 0.2) is 11.4 Å². The van der Waals surface area contributed by atoms with Crippen molar-refractivity contribution in [2.75, 3.05) is 27.7 Å². The van der Waals surface area contributed by atoms with Crippen LogP contribution in [0.25, 0.3) is 0 Å². The van der Waals surface area contributed by atoms with E-state index in [0.29, 0.717) is 4.48 Å². The Balaban J connectivity index is 4.42. The van der Waals surface area contributed by atoms with Gasteiger partial charge < -0.3 is 14.7 Å². The predicted octanol–water partition coefficient (Wildman–Crippen LogP) is 2.22. The third kappa shape index (κ3) is 9.58. The van der Waals surface area contributed by atoms with Gasteiger partial charge in [-0.3, -0.25) is 9.59 Å². The second-order valence-electron chi connectivity index (χ2n) is 6.99. The Morgan fingerprint density at radius 2 is 1.52 bits per heavy atom. The Morgan fingerprint density at radius 3 is 2.00 bits per heavy atom. The van der Waals surface area contributed by atoms with Gasteiger partial charge in [0, 0.05) is 6.42 Å². The second kappa shape index (κ2) is 9.15. The number of aliphatic hydroxyl groups is 1. The number of aliphatic carboxylic acids is 1. The molecule has 124 valence electrons. The Morgan fingerprint density at radius 1 is 1.00 bits per heavy atom. The molecule has 0 spiro atoms. The van der Waals surface area contributed by atoms with Crippen molar-refractivity contribution in [3.8, 4) is 0 Å². The topological polar surface area (TPSA) is 74.6 Å². The third-order valence-electron chi connectivity index (χ3n) is 3.46. The highest BCUT2D eigenvalue weighted by atomic mass is 16.4. The number of Topliss-reactive ketones (excluding diaryl/α,β-unsaturated/α-hetero) is 1. The van der Waals surface area contributed by atoms with Crippen LogP contribution in [-0.2, 0) is 9.59 Å². The minimum Gasteiger partial charge on any atom is -0.481 e. The average Bonchev–Trinajstić information content (AvgIpc) is 2.29. The first-order valence-electron chi connectivity index (χ1n) is 7.88. The molecule has 0 amide bonds. The molecule has 0 aliphatic heterocycles. The molecule has 0 aliphatic carbocycles. The molecule has 0 radical (unpaired) electrons. The van der Waals surface area contributed by atoms with Crippen LogP contribution in [0.4, 0.5) is 0 Å². The Bertz CT molecular complexity index is 336. The number of carboxylic acid groups (broad SMARTS) is 1. The van der Waals surface area contributed by atoms with Gasteiger partial charge in [0.05, 0.1) is 27.6 Å². The molecule has 0 heterocycles. The maximum absolute atomic E-state index is 12.2. The summed E-state index contributed by atoms with van der Waals surface area (Å²) in [5, 5.41) is 19.4. The van der Waals surface area contributed by atoms with E-state index < -0.39 is 18.0 Å². The van der Waals surface area contributed by atoms with Crippen LogP contribution >= 0.6 is 0 Å². The molecule has 5 nitrogen and oxygen atoms in total. The summed E-state index contributed by atoms with van der Waals surface area (Å²) in [4.78, 5) is 23.2. The van der Waals surface area contributed by atoms with Crippen molar-refractivity contribution in [1.29, 1.82) is 0 Å². The summed E-state index contributed by atoms with van der Waals surface area (Å²) in [6.45, 7) is 2.27. The standard InChI is InChI=1S/C16H31NO4/c1-5-6-7-8-9-10-11-14(18)16(21,12-15(19)20)13-17(2,3)4/h21H,5-13H2,1-4H3/p+1. The molecule has 0 saturated heterocycles. The summed E-state index contributed by atoms with van der Waals surface area (Å²) in [5.41, 5.74) is -1.76. The first-order valence-corrected chi connectivity index (χ1v) is 7.88. The monoisotopic (exact) mass is 302 g/mol. The van der Waals surface area contributed by atoms with Gasteiger partial charge in [-0.15, -0.1) is 0 Å². The molecule has 0 aromatic carbocycles. The first-order chi connectivity index (χ1) is 9.60. The van der Waals surface area contributed by atoms with Gasteiger partial charge in [-0.25, -0.2) is 0 Å². The van der Waals surface area contributed by atoms with Crippen LogP contribution in [0.1, 0.15) is 58.3 Å². The van der Waals surface area contributed by atoms with E-state index in [1.165, 1.54) is 19.3 Å². The normalized spacial score (nSPS) is 14.7. The van der Waals surface area contributed by atoms with E-state index in [4.69, 9.17) is 5.11 Å². The van der Waals surface area contributed by atoms with E-state index in [1.807, 2.05) is 21.1 Å². The fraction of sp³-hybridized carbons (Fsp3) is 0.875. The lowest BCUT2D eigenvalue weighted by Crippen LogP contribution is -2.54. The van der Waals surface area contributed by atoms with Crippen molar-refractivity contribution in [2.24, 2.45) is 0 Å². The number of unbranched alkanes of at least 4 members (excludes halogenated alkanes) is 5.